The number of halogens is 2. The summed E-state index contributed by atoms with van der Waals surface area (Å²) in [4.78, 5) is 0.139. The zero-order valence-electron chi connectivity index (χ0n) is 11.6. The smallest absolute Gasteiger partial charge is 0.207 e. The van der Waals surface area contributed by atoms with Gasteiger partial charge in [0.15, 0.2) is 0 Å². The minimum Gasteiger partial charge on any atom is -0.207 e. The van der Waals surface area contributed by atoms with Gasteiger partial charge in [-0.2, -0.15) is 0 Å². The summed E-state index contributed by atoms with van der Waals surface area (Å²) < 4.78 is 27.6. The second-order valence-corrected chi connectivity index (χ2v) is 7.28. The zero-order chi connectivity index (χ0) is 15.6. The topological polar surface area (TPSA) is 46.2 Å². The van der Waals surface area contributed by atoms with Gasteiger partial charge in [0, 0.05) is 6.04 Å². The van der Waals surface area contributed by atoms with Crippen molar-refractivity contribution >= 4 is 33.2 Å². The van der Waals surface area contributed by atoms with Crippen molar-refractivity contribution in [1.29, 1.82) is 0 Å². The van der Waals surface area contributed by atoms with E-state index in [0.29, 0.717) is 10.6 Å². The lowest BCUT2D eigenvalue weighted by atomic mass is 10.1. The van der Waals surface area contributed by atoms with E-state index >= 15 is 0 Å². The Bertz CT molecular complexity index is 746. The van der Waals surface area contributed by atoms with Gasteiger partial charge < -0.3 is 0 Å². The van der Waals surface area contributed by atoms with Gasteiger partial charge in [-0.1, -0.05) is 53.5 Å². The molecule has 0 aromatic heterocycles. The molecule has 0 fully saturated rings. The zero-order valence-corrected chi connectivity index (χ0v) is 13.9. The van der Waals surface area contributed by atoms with Crippen LogP contribution in [0.25, 0.3) is 0 Å². The molecular weight excluding hydrogens is 329 g/mol. The molecule has 0 heterocycles. The van der Waals surface area contributed by atoms with E-state index in [9.17, 15) is 8.42 Å². The van der Waals surface area contributed by atoms with E-state index < -0.39 is 10.0 Å². The van der Waals surface area contributed by atoms with Crippen LogP contribution in [0.2, 0.25) is 10.0 Å². The molecule has 0 unspecified atom stereocenters. The number of rotatable bonds is 4. The molecule has 0 aliphatic rings. The first-order valence-electron chi connectivity index (χ1n) is 6.34. The van der Waals surface area contributed by atoms with Gasteiger partial charge in [0.1, 0.15) is 0 Å². The molecule has 6 heteroatoms. The summed E-state index contributed by atoms with van der Waals surface area (Å²) in [5.74, 6) is 0. The molecule has 21 heavy (non-hydrogen) atoms. The van der Waals surface area contributed by atoms with Crippen molar-refractivity contribution in [2.75, 3.05) is 0 Å². The van der Waals surface area contributed by atoms with Crippen LogP contribution in [0, 0.1) is 6.92 Å². The third kappa shape index (κ3) is 3.77. The molecule has 0 amide bonds. The fourth-order valence-corrected chi connectivity index (χ4v) is 3.95. The van der Waals surface area contributed by atoms with Crippen molar-refractivity contribution < 1.29 is 8.42 Å². The Balaban J connectivity index is 2.33. The molecule has 2 rings (SSSR count). The Hall–Kier alpha value is -1.07. The Kier molecular flexibility index (Phi) is 4.94. The summed E-state index contributed by atoms with van der Waals surface area (Å²) in [6.45, 7) is 3.48. The van der Waals surface area contributed by atoms with E-state index in [0.717, 1.165) is 5.56 Å². The predicted molar refractivity (Wildman–Crippen MR) is 86.4 cm³/mol. The minimum atomic E-state index is -3.67. The molecule has 112 valence electrons. The highest BCUT2D eigenvalue weighted by Crippen LogP contribution is 2.28. The van der Waals surface area contributed by atoms with Crippen molar-refractivity contribution in [1.82, 2.24) is 4.72 Å². The predicted octanol–water partition coefficient (Wildman–Crippen LogP) is 4.34. The maximum atomic E-state index is 12.5. The first-order chi connectivity index (χ1) is 9.81. The van der Waals surface area contributed by atoms with Gasteiger partial charge in [0.2, 0.25) is 10.0 Å². The molecule has 1 atom stereocenters. The van der Waals surface area contributed by atoms with E-state index in [2.05, 4.69) is 4.72 Å². The summed E-state index contributed by atoms with van der Waals surface area (Å²) in [6, 6.07) is 11.9. The lowest BCUT2D eigenvalue weighted by Crippen LogP contribution is -2.27. The van der Waals surface area contributed by atoms with Gasteiger partial charge in [-0.3, -0.25) is 0 Å². The molecule has 2 aromatic carbocycles. The average molecular weight is 344 g/mol. The van der Waals surface area contributed by atoms with E-state index in [1.165, 1.54) is 6.07 Å². The first-order valence-corrected chi connectivity index (χ1v) is 8.58. The van der Waals surface area contributed by atoms with E-state index in [1.807, 2.05) is 30.3 Å². The maximum absolute atomic E-state index is 12.5. The van der Waals surface area contributed by atoms with Crippen molar-refractivity contribution in [3.05, 3.63) is 63.6 Å². The Morgan fingerprint density at radius 3 is 2.24 bits per heavy atom. The van der Waals surface area contributed by atoms with Crippen LogP contribution < -0.4 is 4.72 Å². The summed E-state index contributed by atoms with van der Waals surface area (Å²) in [5, 5.41) is 0.555. The normalized spacial score (nSPS) is 13.1. The molecule has 1 N–H and O–H groups in total. The van der Waals surface area contributed by atoms with E-state index in [1.54, 1.807) is 19.9 Å². The summed E-state index contributed by atoms with van der Waals surface area (Å²) in [6.07, 6.45) is 0. The number of aryl methyl sites for hydroxylation is 1. The van der Waals surface area contributed by atoms with Gasteiger partial charge >= 0.3 is 0 Å². The second-order valence-electron chi connectivity index (χ2n) is 4.79. The van der Waals surface area contributed by atoms with Crippen LogP contribution in [0.5, 0.6) is 0 Å². The monoisotopic (exact) mass is 343 g/mol. The number of benzene rings is 2. The van der Waals surface area contributed by atoms with Gasteiger partial charge in [-0.05, 0) is 37.1 Å². The molecular formula is C15H15Cl2NO2S. The number of nitrogens with one attached hydrogen (secondary N) is 1. The standard InChI is InChI=1S/C15H15Cl2NO2S/c1-10-8-13(16)14(17)9-15(10)21(19,20)18-11(2)12-6-4-3-5-7-12/h3-9,11,18H,1-2H3/t11-/m1/s1. The number of hydrogen-bond donors (Lipinski definition) is 1. The fraction of sp³-hybridized carbons (Fsp3) is 0.200. The highest BCUT2D eigenvalue weighted by Gasteiger charge is 2.21. The molecule has 3 nitrogen and oxygen atoms in total. The molecule has 0 bridgehead atoms. The summed E-state index contributed by atoms with van der Waals surface area (Å²) in [7, 11) is -3.67. The van der Waals surface area contributed by atoms with Crippen molar-refractivity contribution in [3.8, 4) is 0 Å². The molecule has 0 spiro atoms. The van der Waals surface area contributed by atoms with Crippen LogP contribution in [0.3, 0.4) is 0 Å². The lowest BCUT2D eigenvalue weighted by molar-refractivity contribution is 0.566. The molecule has 0 aliphatic carbocycles. The first kappa shape index (κ1) is 16.3. The van der Waals surface area contributed by atoms with E-state index in [4.69, 9.17) is 23.2 Å². The van der Waals surface area contributed by atoms with Crippen molar-refractivity contribution in [3.63, 3.8) is 0 Å². The maximum Gasteiger partial charge on any atom is 0.241 e. The van der Waals surface area contributed by atoms with Crippen LogP contribution >= 0.6 is 23.2 Å². The van der Waals surface area contributed by atoms with Crippen LogP contribution in [0.4, 0.5) is 0 Å². The molecule has 0 saturated carbocycles. The SMILES string of the molecule is Cc1cc(Cl)c(Cl)cc1S(=O)(=O)N[C@H](C)c1ccccc1. The Morgan fingerprint density at radius 2 is 1.62 bits per heavy atom. The van der Waals surface area contributed by atoms with Crippen LogP contribution in [-0.2, 0) is 10.0 Å². The lowest BCUT2D eigenvalue weighted by Gasteiger charge is -2.16. The Labute approximate surface area is 135 Å². The molecule has 2 aromatic rings. The minimum absolute atomic E-state index is 0.139. The number of hydrogen-bond acceptors (Lipinski definition) is 2. The largest absolute Gasteiger partial charge is 0.241 e. The molecule has 0 saturated heterocycles. The molecule has 0 radical (unpaired) electrons. The third-order valence-corrected chi connectivity index (χ3v) is 5.54. The highest BCUT2D eigenvalue weighted by molar-refractivity contribution is 7.89. The average Bonchev–Trinajstić information content (AvgIpc) is 2.43. The Morgan fingerprint density at radius 1 is 1.05 bits per heavy atom. The van der Waals surface area contributed by atoms with E-state index in [-0.39, 0.29) is 16.0 Å². The summed E-state index contributed by atoms with van der Waals surface area (Å²) in [5.41, 5.74) is 1.44. The van der Waals surface area contributed by atoms with Gasteiger partial charge in [-0.25, -0.2) is 13.1 Å². The summed E-state index contributed by atoms with van der Waals surface area (Å²) >= 11 is 11.8. The number of sulfonamides is 1. The van der Waals surface area contributed by atoms with Crippen LogP contribution in [-0.4, -0.2) is 8.42 Å². The highest BCUT2D eigenvalue weighted by atomic mass is 35.5. The van der Waals surface area contributed by atoms with Gasteiger partial charge in [0.25, 0.3) is 0 Å². The third-order valence-electron chi connectivity index (χ3n) is 3.14. The van der Waals surface area contributed by atoms with Gasteiger partial charge in [0.05, 0.1) is 14.9 Å². The second kappa shape index (κ2) is 6.36. The van der Waals surface area contributed by atoms with Gasteiger partial charge in [-0.15, -0.1) is 0 Å². The van der Waals surface area contributed by atoms with Crippen LogP contribution in [0.1, 0.15) is 24.1 Å². The molecule has 0 aliphatic heterocycles. The quantitative estimate of drug-likeness (QED) is 0.897. The fourth-order valence-electron chi connectivity index (χ4n) is 2.02. The van der Waals surface area contributed by atoms with Crippen LogP contribution in [0.15, 0.2) is 47.4 Å². The van der Waals surface area contributed by atoms with Crippen molar-refractivity contribution in [2.24, 2.45) is 0 Å². The van der Waals surface area contributed by atoms with Crippen molar-refractivity contribution in [2.45, 2.75) is 24.8 Å².